The molecule has 25 heavy (non-hydrogen) atoms. The van der Waals surface area contributed by atoms with E-state index in [0.29, 0.717) is 22.6 Å². The van der Waals surface area contributed by atoms with Crippen LogP contribution in [0.4, 0.5) is 0 Å². The van der Waals surface area contributed by atoms with E-state index in [-0.39, 0.29) is 17.2 Å². The summed E-state index contributed by atoms with van der Waals surface area (Å²) in [6, 6.07) is 11.2. The Morgan fingerprint density at radius 1 is 1.04 bits per heavy atom. The predicted molar refractivity (Wildman–Crippen MR) is 94.6 cm³/mol. The first-order valence-electron chi connectivity index (χ1n) is 7.58. The average molecular weight is 363 g/mol. The van der Waals surface area contributed by atoms with Gasteiger partial charge in [-0.15, -0.1) is 0 Å². The van der Waals surface area contributed by atoms with Gasteiger partial charge in [0.15, 0.2) is 5.78 Å². The minimum absolute atomic E-state index is 0.0820. The standard InChI is InChI=1S/C18H21NO5S/c1-13(20)14-5-10-18(24-4)15(11-14)12-19(2)25(21,22)17-8-6-16(23-3)7-9-17/h5-11H,12H2,1-4H3. The van der Waals surface area contributed by atoms with Crippen molar-refractivity contribution < 1.29 is 22.7 Å². The van der Waals surface area contributed by atoms with E-state index in [1.54, 1.807) is 30.3 Å². The fourth-order valence-electron chi connectivity index (χ4n) is 2.37. The number of carbonyl (C=O) groups excluding carboxylic acids is 1. The summed E-state index contributed by atoms with van der Waals surface area (Å²) in [6.45, 7) is 1.54. The molecule has 0 saturated heterocycles. The largest absolute Gasteiger partial charge is 0.497 e. The van der Waals surface area contributed by atoms with Crippen molar-refractivity contribution in [2.24, 2.45) is 0 Å². The van der Waals surface area contributed by atoms with Crippen LogP contribution in [0.1, 0.15) is 22.8 Å². The lowest BCUT2D eigenvalue weighted by Crippen LogP contribution is -2.26. The summed E-state index contributed by atoms with van der Waals surface area (Å²) in [6.07, 6.45) is 0. The van der Waals surface area contributed by atoms with Gasteiger partial charge < -0.3 is 9.47 Å². The van der Waals surface area contributed by atoms with Gasteiger partial charge in [0.05, 0.1) is 19.1 Å². The Balaban J connectivity index is 2.32. The number of benzene rings is 2. The predicted octanol–water partition coefficient (Wildman–Crippen LogP) is 2.73. The van der Waals surface area contributed by atoms with Crippen LogP contribution in [0, 0.1) is 0 Å². The van der Waals surface area contributed by atoms with Crippen LogP contribution in [0.15, 0.2) is 47.4 Å². The van der Waals surface area contributed by atoms with Crippen LogP contribution < -0.4 is 9.47 Å². The molecule has 0 atom stereocenters. The zero-order valence-electron chi connectivity index (χ0n) is 14.6. The molecule has 0 radical (unpaired) electrons. The van der Waals surface area contributed by atoms with Gasteiger partial charge in [-0.2, -0.15) is 4.31 Å². The van der Waals surface area contributed by atoms with Crippen LogP contribution in [-0.2, 0) is 16.6 Å². The number of hydrogen-bond donors (Lipinski definition) is 0. The first-order chi connectivity index (χ1) is 11.8. The maximum atomic E-state index is 12.7. The second-order valence-corrected chi connectivity index (χ2v) is 7.56. The topological polar surface area (TPSA) is 72.9 Å². The van der Waals surface area contributed by atoms with Gasteiger partial charge in [0.2, 0.25) is 10.0 Å². The van der Waals surface area contributed by atoms with E-state index >= 15 is 0 Å². The summed E-state index contributed by atoms with van der Waals surface area (Å²) in [5, 5.41) is 0. The molecule has 0 fully saturated rings. The monoisotopic (exact) mass is 363 g/mol. The summed E-state index contributed by atoms with van der Waals surface area (Å²) < 4.78 is 37.0. The number of sulfonamides is 1. The van der Waals surface area contributed by atoms with Crippen molar-refractivity contribution in [3.63, 3.8) is 0 Å². The highest BCUT2D eigenvalue weighted by Crippen LogP contribution is 2.25. The van der Waals surface area contributed by atoms with E-state index in [2.05, 4.69) is 0 Å². The van der Waals surface area contributed by atoms with Crippen LogP contribution >= 0.6 is 0 Å². The normalized spacial score (nSPS) is 11.4. The van der Waals surface area contributed by atoms with Crippen LogP contribution in [0.5, 0.6) is 11.5 Å². The molecule has 2 rings (SSSR count). The SMILES string of the molecule is COc1ccc(S(=O)(=O)N(C)Cc2cc(C(C)=O)ccc2OC)cc1. The van der Waals surface area contributed by atoms with Gasteiger partial charge in [0.1, 0.15) is 11.5 Å². The molecule has 0 amide bonds. The minimum Gasteiger partial charge on any atom is -0.497 e. The Bertz CT molecular complexity index is 860. The number of Topliss-reactive ketones (excluding diaryl/α,β-unsaturated/α-hetero) is 1. The molecule has 0 N–H and O–H groups in total. The van der Waals surface area contributed by atoms with Crippen LogP contribution in [0.2, 0.25) is 0 Å². The summed E-state index contributed by atoms with van der Waals surface area (Å²) in [7, 11) is 0.825. The lowest BCUT2D eigenvalue weighted by Gasteiger charge is -2.19. The molecule has 2 aromatic carbocycles. The molecule has 134 valence electrons. The highest BCUT2D eigenvalue weighted by Gasteiger charge is 2.22. The summed E-state index contributed by atoms with van der Waals surface area (Å²) in [4.78, 5) is 11.7. The molecule has 0 spiro atoms. The van der Waals surface area contributed by atoms with E-state index in [4.69, 9.17) is 9.47 Å². The van der Waals surface area contributed by atoms with Gasteiger partial charge in [0, 0.05) is 24.7 Å². The van der Waals surface area contributed by atoms with E-state index in [1.807, 2.05) is 0 Å². The lowest BCUT2D eigenvalue weighted by molar-refractivity contribution is 0.101. The Morgan fingerprint density at radius 3 is 2.20 bits per heavy atom. The van der Waals surface area contributed by atoms with Crippen LogP contribution in [0.3, 0.4) is 0 Å². The number of nitrogens with zero attached hydrogens (tertiary/aromatic N) is 1. The molecule has 0 aromatic heterocycles. The molecule has 0 aliphatic rings. The van der Waals surface area contributed by atoms with Crippen molar-refractivity contribution >= 4 is 15.8 Å². The molecule has 0 bridgehead atoms. The third kappa shape index (κ3) is 4.18. The number of rotatable bonds is 7. The second kappa shape index (κ2) is 7.67. The first-order valence-corrected chi connectivity index (χ1v) is 9.02. The van der Waals surface area contributed by atoms with E-state index in [9.17, 15) is 13.2 Å². The minimum atomic E-state index is -3.68. The van der Waals surface area contributed by atoms with Crippen molar-refractivity contribution in [3.8, 4) is 11.5 Å². The number of ether oxygens (including phenoxy) is 2. The van der Waals surface area contributed by atoms with Gasteiger partial charge in [-0.25, -0.2) is 8.42 Å². The zero-order valence-corrected chi connectivity index (χ0v) is 15.5. The van der Waals surface area contributed by atoms with E-state index in [0.717, 1.165) is 0 Å². The highest BCUT2D eigenvalue weighted by molar-refractivity contribution is 7.89. The number of hydrogen-bond acceptors (Lipinski definition) is 5. The Morgan fingerprint density at radius 2 is 1.68 bits per heavy atom. The van der Waals surface area contributed by atoms with Crippen molar-refractivity contribution in [2.75, 3.05) is 21.3 Å². The fourth-order valence-corrected chi connectivity index (χ4v) is 3.52. The molecule has 6 nitrogen and oxygen atoms in total. The van der Waals surface area contributed by atoms with Gasteiger partial charge in [0.25, 0.3) is 0 Å². The fraction of sp³-hybridized carbons (Fsp3) is 0.278. The number of ketones is 1. The van der Waals surface area contributed by atoms with Gasteiger partial charge in [-0.05, 0) is 49.4 Å². The van der Waals surface area contributed by atoms with Gasteiger partial charge in [-0.1, -0.05) is 0 Å². The summed E-state index contributed by atoms with van der Waals surface area (Å²) >= 11 is 0. The summed E-state index contributed by atoms with van der Waals surface area (Å²) in [5.41, 5.74) is 1.13. The van der Waals surface area contributed by atoms with Crippen molar-refractivity contribution in [1.82, 2.24) is 4.31 Å². The average Bonchev–Trinajstić information content (AvgIpc) is 2.61. The molecule has 7 heteroatoms. The molecule has 0 aliphatic carbocycles. The third-order valence-electron chi connectivity index (χ3n) is 3.85. The Hall–Kier alpha value is -2.38. The van der Waals surface area contributed by atoms with Crippen molar-refractivity contribution in [3.05, 3.63) is 53.6 Å². The van der Waals surface area contributed by atoms with Crippen molar-refractivity contribution in [1.29, 1.82) is 0 Å². The Labute approximate surface area is 148 Å². The molecule has 0 unspecified atom stereocenters. The highest BCUT2D eigenvalue weighted by atomic mass is 32.2. The number of methoxy groups -OCH3 is 2. The molecule has 0 heterocycles. The second-order valence-electron chi connectivity index (χ2n) is 5.52. The summed E-state index contributed by atoms with van der Waals surface area (Å²) in [5.74, 6) is 1.02. The first kappa shape index (κ1) is 19.0. The quantitative estimate of drug-likeness (QED) is 0.707. The van der Waals surface area contributed by atoms with Crippen LogP contribution in [0.25, 0.3) is 0 Å². The van der Waals surface area contributed by atoms with E-state index in [1.165, 1.54) is 44.6 Å². The van der Waals surface area contributed by atoms with Gasteiger partial charge >= 0.3 is 0 Å². The number of carbonyl (C=O) groups is 1. The molecule has 0 saturated carbocycles. The smallest absolute Gasteiger partial charge is 0.243 e. The molecule has 2 aromatic rings. The maximum Gasteiger partial charge on any atom is 0.243 e. The zero-order chi connectivity index (χ0) is 18.6. The molecular weight excluding hydrogens is 342 g/mol. The van der Waals surface area contributed by atoms with Crippen LogP contribution in [-0.4, -0.2) is 39.8 Å². The lowest BCUT2D eigenvalue weighted by atomic mass is 10.1. The van der Waals surface area contributed by atoms with Gasteiger partial charge in [-0.3, -0.25) is 4.79 Å². The van der Waals surface area contributed by atoms with E-state index < -0.39 is 10.0 Å². The molecular formula is C18H21NO5S. The molecule has 0 aliphatic heterocycles. The maximum absolute atomic E-state index is 12.7. The van der Waals surface area contributed by atoms with Crippen molar-refractivity contribution in [2.45, 2.75) is 18.4 Å². The Kier molecular flexibility index (Phi) is 5.81. The third-order valence-corrected chi connectivity index (χ3v) is 5.67.